The van der Waals surface area contributed by atoms with Gasteiger partial charge in [0, 0.05) is 5.56 Å². The highest BCUT2D eigenvalue weighted by Gasteiger charge is 2.29. The number of benzene rings is 1. The van der Waals surface area contributed by atoms with Crippen molar-refractivity contribution < 1.29 is 4.39 Å². The van der Waals surface area contributed by atoms with Gasteiger partial charge in [-0.25, -0.2) is 9.14 Å². The first-order valence-electron chi connectivity index (χ1n) is 6.17. The molecule has 0 aliphatic heterocycles. The standard InChI is InChI=1S/C13H22FN4PS/c1-16(2)19(17(3)4,18(5)6)15-13(20)11-7-9-12(14)10-8-11/h7-10H,1-6H3. The van der Waals surface area contributed by atoms with E-state index in [-0.39, 0.29) is 5.82 Å². The zero-order valence-electron chi connectivity index (χ0n) is 12.8. The molecule has 0 spiro atoms. The lowest BCUT2D eigenvalue weighted by Crippen LogP contribution is -2.31. The van der Waals surface area contributed by atoms with Gasteiger partial charge in [0.25, 0.3) is 0 Å². The van der Waals surface area contributed by atoms with Gasteiger partial charge in [0.15, 0.2) is 7.51 Å². The Morgan fingerprint density at radius 2 is 1.35 bits per heavy atom. The fraction of sp³-hybridized carbons (Fsp3) is 0.462. The Labute approximate surface area is 126 Å². The molecule has 0 unspecified atom stereocenters. The molecule has 0 aliphatic rings. The van der Waals surface area contributed by atoms with Crippen molar-refractivity contribution in [1.29, 1.82) is 0 Å². The average Bonchev–Trinajstić information content (AvgIpc) is 2.35. The van der Waals surface area contributed by atoms with Crippen molar-refractivity contribution in [3.8, 4) is 0 Å². The largest absolute Gasteiger partial charge is 0.252 e. The van der Waals surface area contributed by atoms with E-state index in [2.05, 4.69) is 14.0 Å². The van der Waals surface area contributed by atoms with Crippen LogP contribution in [0.25, 0.3) is 0 Å². The summed E-state index contributed by atoms with van der Waals surface area (Å²) in [5.41, 5.74) is 0.760. The smallest absolute Gasteiger partial charge is 0.172 e. The quantitative estimate of drug-likeness (QED) is 0.628. The minimum Gasteiger partial charge on any atom is -0.252 e. The lowest BCUT2D eigenvalue weighted by molar-refractivity contribution is 0.475. The van der Waals surface area contributed by atoms with Gasteiger partial charge in [-0.2, -0.15) is 0 Å². The molecule has 0 fully saturated rings. The maximum atomic E-state index is 13.0. The molecule has 1 aromatic carbocycles. The predicted molar refractivity (Wildman–Crippen MR) is 88.5 cm³/mol. The molecule has 1 rings (SSSR count). The van der Waals surface area contributed by atoms with Crippen LogP contribution in [-0.2, 0) is 0 Å². The van der Waals surface area contributed by atoms with Gasteiger partial charge in [0.1, 0.15) is 10.8 Å². The van der Waals surface area contributed by atoms with Crippen molar-refractivity contribution in [3.63, 3.8) is 0 Å². The monoisotopic (exact) mass is 316 g/mol. The first kappa shape index (κ1) is 17.4. The maximum absolute atomic E-state index is 13.0. The third kappa shape index (κ3) is 3.51. The molecule has 4 nitrogen and oxygen atoms in total. The summed E-state index contributed by atoms with van der Waals surface area (Å²) >= 11 is 5.43. The second-order valence-corrected chi connectivity index (χ2v) is 9.05. The number of hydrogen-bond acceptors (Lipinski definition) is 1. The summed E-state index contributed by atoms with van der Waals surface area (Å²) in [7, 11) is 9.89. The second kappa shape index (κ2) is 6.87. The fourth-order valence-corrected chi connectivity index (χ4v) is 5.62. The Bertz CT molecular complexity index is 497. The third-order valence-electron chi connectivity index (χ3n) is 2.93. The Hall–Kier alpha value is -0.650. The summed E-state index contributed by atoms with van der Waals surface area (Å²) < 4.78 is 24.0. The Morgan fingerprint density at radius 1 is 0.950 bits per heavy atom. The minimum absolute atomic E-state index is 0.273. The van der Waals surface area contributed by atoms with E-state index in [9.17, 15) is 4.39 Å². The number of halogens is 1. The van der Waals surface area contributed by atoms with E-state index in [4.69, 9.17) is 17.0 Å². The third-order valence-corrected chi connectivity index (χ3v) is 7.08. The van der Waals surface area contributed by atoms with E-state index in [0.29, 0.717) is 4.99 Å². The van der Waals surface area contributed by atoms with Gasteiger partial charge in [-0.1, -0.05) is 12.2 Å². The number of nitrogens with zero attached hydrogens (tertiary/aromatic N) is 4. The van der Waals surface area contributed by atoms with E-state index in [1.54, 1.807) is 12.1 Å². The second-order valence-electron chi connectivity index (χ2n) is 4.99. The topological polar surface area (TPSA) is 22.1 Å². The molecule has 0 radical (unpaired) electrons. The molecule has 112 valence electrons. The molecule has 0 amide bonds. The van der Waals surface area contributed by atoms with Gasteiger partial charge in [0.05, 0.1) is 0 Å². The SMILES string of the molecule is CN(C)P(=NC(=S)c1ccc(F)cc1)(N(C)C)N(C)C. The lowest BCUT2D eigenvalue weighted by Gasteiger charge is -2.40. The number of thiocarbonyl (C=S) groups is 1. The van der Waals surface area contributed by atoms with Crippen LogP contribution in [0, 0.1) is 5.82 Å². The van der Waals surface area contributed by atoms with Gasteiger partial charge in [0.2, 0.25) is 0 Å². The highest BCUT2D eigenvalue weighted by molar-refractivity contribution is 7.81. The van der Waals surface area contributed by atoms with Crippen LogP contribution in [0.5, 0.6) is 0 Å². The zero-order chi connectivity index (χ0) is 15.5. The Morgan fingerprint density at radius 3 is 1.70 bits per heavy atom. The normalized spacial score (nSPS) is 12.3. The lowest BCUT2D eigenvalue weighted by atomic mass is 10.2. The van der Waals surface area contributed by atoms with Crippen LogP contribution < -0.4 is 0 Å². The molecule has 0 aromatic heterocycles. The summed E-state index contributed by atoms with van der Waals surface area (Å²) in [6.45, 7) is 0. The van der Waals surface area contributed by atoms with Crippen LogP contribution in [0.1, 0.15) is 5.56 Å². The predicted octanol–water partition coefficient (Wildman–Crippen LogP) is 3.13. The number of hydrogen-bond donors (Lipinski definition) is 0. The van der Waals surface area contributed by atoms with Crippen molar-refractivity contribution in [2.75, 3.05) is 42.3 Å². The summed E-state index contributed by atoms with van der Waals surface area (Å²) in [5, 5.41) is 0. The Kier molecular flexibility index (Phi) is 5.98. The van der Waals surface area contributed by atoms with Gasteiger partial charge in [-0.15, -0.1) is 0 Å². The molecule has 0 saturated carbocycles. The van der Waals surface area contributed by atoms with Crippen LogP contribution in [0.4, 0.5) is 4.39 Å². The average molecular weight is 316 g/mol. The van der Waals surface area contributed by atoms with E-state index in [0.717, 1.165) is 5.56 Å². The summed E-state index contributed by atoms with van der Waals surface area (Å²) in [6, 6.07) is 6.13. The zero-order valence-corrected chi connectivity index (χ0v) is 14.5. The molecular formula is C13H22FN4PS. The molecule has 7 heteroatoms. The maximum Gasteiger partial charge on any atom is 0.172 e. The van der Waals surface area contributed by atoms with Crippen LogP contribution in [0.3, 0.4) is 0 Å². The van der Waals surface area contributed by atoms with Gasteiger partial charge in [-0.3, -0.25) is 14.0 Å². The van der Waals surface area contributed by atoms with Crippen molar-refractivity contribution in [1.82, 2.24) is 14.0 Å². The van der Waals surface area contributed by atoms with E-state index in [1.165, 1.54) is 12.1 Å². The van der Waals surface area contributed by atoms with E-state index in [1.807, 2.05) is 42.3 Å². The van der Waals surface area contributed by atoms with Crippen LogP contribution in [-0.4, -0.2) is 61.3 Å². The first-order valence-corrected chi connectivity index (χ1v) is 8.18. The van der Waals surface area contributed by atoms with Gasteiger partial charge >= 0.3 is 0 Å². The molecule has 0 N–H and O–H groups in total. The van der Waals surface area contributed by atoms with E-state index < -0.39 is 7.51 Å². The van der Waals surface area contributed by atoms with E-state index >= 15 is 0 Å². The first-order chi connectivity index (χ1) is 9.21. The summed E-state index contributed by atoms with van der Waals surface area (Å²) in [5.74, 6) is -0.273. The van der Waals surface area contributed by atoms with Crippen molar-refractivity contribution in [3.05, 3.63) is 35.6 Å². The van der Waals surface area contributed by atoms with Crippen molar-refractivity contribution in [2.45, 2.75) is 0 Å². The van der Waals surface area contributed by atoms with Crippen LogP contribution in [0.15, 0.2) is 29.0 Å². The highest BCUT2D eigenvalue weighted by Crippen LogP contribution is 2.55. The molecule has 0 heterocycles. The van der Waals surface area contributed by atoms with Crippen molar-refractivity contribution >= 4 is 24.7 Å². The minimum atomic E-state index is -2.06. The summed E-state index contributed by atoms with van der Waals surface area (Å²) in [4.78, 5) is 0.495. The van der Waals surface area contributed by atoms with Gasteiger partial charge < -0.3 is 0 Å². The molecule has 0 saturated heterocycles. The number of rotatable bonds is 4. The van der Waals surface area contributed by atoms with Crippen LogP contribution in [0.2, 0.25) is 0 Å². The molecule has 0 bridgehead atoms. The fourth-order valence-electron chi connectivity index (χ4n) is 2.11. The molecule has 20 heavy (non-hydrogen) atoms. The Balaban J connectivity index is 3.33. The molecule has 0 atom stereocenters. The van der Waals surface area contributed by atoms with Gasteiger partial charge in [-0.05, 0) is 66.6 Å². The van der Waals surface area contributed by atoms with Crippen molar-refractivity contribution in [2.24, 2.45) is 4.74 Å². The summed E-state index contributed by atoms with van der Waals surface area (Å²) in [6.07, 6.45) is 0. The molecule has 1 aromatic rings. The van der Waals surface area contributed by atoms with Crippen LogP contribution >= 0.6 is 19.7 Å². The molecular weight excluding hydrogens is 294 g/mol. The molecule has 0 aliphatic carbocycles. The highest BCUT2D eigenvalue weighted by atomic mass is 32.1.